The third-order valence-electron chi connectivity index (χ3n) is 1.07. The summed E-state index contributed by atoms with van der Waals surface area (Å²) in [6.07, 6.45) is 4.02. The molecule has 0 fully saturated rings. The van der Waals surface area contributed by atoms with Crippen molar-refractivity contribution in [3.05, 3.63) is 17.5 Å². The normalized spacial score (nSPS) is 9.64. The molecule has 0 bridgehead atoms. The first-order valence-corrected chi connectivity index (χ1v) is 3.81. The molecule has 1 rings (SSSR count). The molecule has 0 aliphatic heterocycles. The molecule has 3 nitrogen and oxygen atoms in total. The summed E-state index contributed by atoms with van der Waals surface area (Å²) in [4.78, 5) is 7.71. The lowest BCUT2D eigenvalue weighted by Gasteiger charge is -2.02. The fraction of sp³-hybridized carbons (Fsp3) is 0.429. The van der Waals surface area contributed by atoms with Crippen molar-refractivity contribution in [2.45, 2.75) is 13.3 Å². The lowest BCUT2D eigenvalue weighted by Crippen LogP contribution is -1.98. The van der Waals surface area contributed by atoms with E-state index in [-0.39, 0.29) is 0 Å². The highest BCUT2D eigenvalue weighted by Crippen LogP contribution is 2.16. The molecule has 0 aromatic carbocycles. The van der Waals surface area contributed by atoms with Crippen molar-refractivity contribution in [1.82, 2.24) is 9.97 Å². The molecule has 0 radical (unpaired) electrons. The van der Waals surface area contributed by atoms with Crippen molar-refractivity contribution in [3.63, 3.8) is 0 Å². The third kappa shape index (κ3) is 2.35. The van der Waals surface area contributed by atoms with Gasteiger partial charge in [-0.15, -0.1) is 0 Å². The Morgan fingerprint density at radius 2 is 2.18 bits per heavy atom. The van der Waals surface area contributed by atoms with Crippen LogP contribution in [0.3, 0.4) is 0 Å². The van der Waals surface area contributed by atoms with E-state index in [2.05, 4.69) is 9.97 Å². The van der Waals surface area contributed by atoms with Gasteiger partial charge < -0.3 is 4.74 Å². The van der Waals surface area contributed by atoms with Crippen LogP contribution in [-0.2, 0) is 0 Å². The molecule has 1 aromatic rings. The smallest absolute Gasteiger partial charge is 0.252 e. The van der Waals surface area contributed by atoms with Gasteiger partial charge in [0.15, 0.2) is 5.15 Å². The second-order valence-corrected chi connectivity index (χ2v) is 2.36. The molecular weight excluding hydrogens is 164 g/mol. The summed E-state index contributed by atoms with van der Waals surface area (Å²) in [7, 11) is 0. The summed E-state index contributed by atoms with van der Waals surface area (Å²) >= 11 is 5.66. The molecule has 1 aromatic heterocycles. The van der Waals surface area contributed by atoms with E-state index in [9.17, 15) is 0 Å². The van der Waals surface area contributed by atoms with Gasteiger partial charge in [-0.1, -0.05) is 18.5 Å². The Morgan fingerprint density at radius 1 is 1.45 bits per heavy atom. The van der Waals surface area contributed by atoms with Crippen molar-refractivity contribution in [3.8, 4) is 5.88 Å². The van der Waals surface area contributed by atoms with Crippen LogP contribution in [-0.4, -0.2) is 16.6 Å². The third-order valence-corrected chi connectivity index (χ3v) is 1.32. The molecule has 0 atom stereocenters. The molecular formula is C7H9ClN2O. The van der Waals surface area contributed by atoms with E-state index in [0.29, 0.717) is 17.6 Å². The van der Waals surface area contributed by atoms with E-state index in [4.69, 9.17) is 16.3 Å². The zero-order valence-corrected chi connectivity index (χ0v) is 7.01. The van der Waals surface area contributed by atoms with Crippen LogP contribution >= 0.6 is 11.6 Å². The number of halogens is 1. The van der Waals surface area contributed by atoms with Gasteiger partial charge in [0.25, 0.3) is 5.88 Å². The molecule has 0 aliphatic carbocycles. The van der Waals surface area contributed by atoms with Crippen LogP contribution in [0, 0.1) is 0 Å². The maximum atomic E-state index is 5.66. The van der Waals surface area contributed by atoms with Crippen molar-refractivity contribution in [2.75, 3.05) is 6.61 Å². The van der Waals surface area contributed by atoms with Crippen LogP contribution < -0.4 is 4.74 Å². The minimum atomic E-state index is 0.320. The van der Waals surface area contributed by atoms with Crippen molar-refractivity contribution < 1.29 is 4.74 Å². The van der Waals surface area contributed by atoms with Gasteiger partial charge in [-0.25, -0.2) is 9.97 Å². The molecule has 0 aliphatic rings. The number of hydrogen-bond acceptors (Lipinski definition) is 3. The molecule has 0 saturated carbocycles. The van der Waals surface area contributed by atoms with Gasteiger partial charge in [0, 0.05) is 12.4 Å². The molecule has 1 heterocycles. The molecule has 0 saturated heterocycles. The Labute approximate surface area is 70.4 Å². The van der Waals surface area contributed by atoms with Crippen LogP contribution in [0.25, 0.3) is 0 Å². The van der Waals surface area contributed by atoms with Gasteiger partial charge in [-0.3, -0.25) is 0 Å². The lowest BCUT2D eigenvalue weighted by molar-refractivity contribution is 0.304. The Bertz CT molecular complexity index is 229. The number of rotatable bonds is 3. The molecule has 0 unspecified atom stereocenters. The van der Waals surface area contributed by atoms with Gasteiger partial charge in [-0.05, 0) is 6.42 Å². The van der Waals surface area contributed by atoms with Gasteiger partial charge in [-0.2, -0.15) is 0 Å². The van der Waals surface area contributed by atoms with Gasteiger partial charge in [0.1, 0.15) is 0 Å². The first kappa shape index (κ1) is 8.27. The van der Waals surface area contributed by atoms with E-state index < -0.39 is 0 Å². The highest BCUT2D eigenvalue weighted by atomic mass is 35.5. The average Bonchev–Trinajstić information content (AvgIpc) is 2.03. The lowest BCUT2D eigenvalue weighted by atomic mass is 10.5. The van der Waals surface area contributed by atoms with Gasteiger partial charge in [0.05, 0.1) is 6.61 Å². The van der Waals surface area contributed by atoms with Crippen LogP contribution in [0.15, 0.2) is 12.4 Å². The molecule has 60 valence electrons. The van der Waals surface area contributed by atoms with Crippen LogP contribution in [0.2, 0.25) is 5.15 Å². The minimum absolute atomic E-state index is 0.320. The van der Waals surface area contributed by atoms with E-state index in [1.165, 1.54) is 6.20 Å². The predicted molar refractivity (Wildman–Crippen MR) is 42.8 cm³/mol. The molecule has 11 heavy (non-hydrogen) atoms. The maximum Gasteiger partial charge on any atom is 0.252 e. The Morgan fingerprint density at radius 3 is 2.82 bits per heavy atom. The number of hydrogen-bond donors (Lipinski definition) is 0. The van der Waals surface area contributed by atoms with Gasteiger partial charge >= 0.3 is 0 Å². The first-order chi connectivity index (χ1) is 5.34. The molecule has 0 amide bonds. The van der Waals surface area contributed by atoms with E-state index >= 15 is 0 Å². The van der Waals surface area contributed by atoms with Crippen molar-refractivity contribution in [2.24, 2.45) is 0 Å². The predicted octanol–water partition coefficient (Wildman–Crippen LogP) is 1.92. The molecule has 0 N–H and O–H groups in total. The highest BCUT2D eigenvalue weighted by molar-refractivity contribution is 6.30. The maximum absolute atomic E-state index is 5.66. The zero-order chi connectivity index (χ0) is 8.10. The SMILES string of the molecule is CCCOc1nccnc1Cl. The molecule has 4 heteroatoms. The zero-order valence-electron chi connectivity index (χ0n) is 6.25. The summed E-state index contributed by atoms with van der Waals surface area (Å²) in [5.41, 5.74) is 0. The minimum Gasteiger partial charge on any atom is -0.475 e. The summed E-state index contributed by atoms with van der Waals surface area (Å²) in [5, 5.41) is 0.320. The fourth-order valence-corrected chi connectivity index (χ4v) is 0.764. The summed E-state index contributed by atoms with van der Waals surface area (Å²) in [6, 6.07) is 0. The van der Waals surface area contributed by atoms with Crippen LogP contribution in [0.4, 0.5) is 0 Å². The standard InChI is InChI=1S/C7H9ClN2O/c1-2-5-11-7-6(8)9-3-4-10-7/h3-4H,2,5H2,1H3. The first-order valence-electron chi connectivity index (χ1n) is 3.44. The second-order valence-electron chi connectivity index (χ2n) is 2.00. The van der Waals surface area contributed by atoms with Crippen molar-refractivity contribution in [1.29, 1.82) is 0 Å². The van der Waals surface area contributed by atoms with Crippen LogP contribution in [0.5, 0.6) is 5.88 Å². The second kappa shape index (κ2) is 4.13. The van der Waals surface area contributed by atoms with Crippen LogP contribution in [0.1, 0.15) is 13.3 Å². The summed E-state index contributed by atoms with van der Waals surface area (Å²) < 4.78 is 5.18. The number of ether oxygens (including phenoxy) is 1. The largest absolute Gasteiger partial charge is 0.475 e. The summed E-state index contributed by atoms with van der Waals surface area (Å²) in [5.74, 6) is 0.413. The number of nitrogens with zero attached hydrogens (tertiary/aromatic N) is 2. The Kier molecular flexibility index (Phi) is 3.11. The fourth-order valence-electron chi connectivity index (χ4n) is 0.604. The highest BCUT2D eigenvalue weighted by Gasteiger charge is 2.00. The van der Waals surface area contributed by atoms with E-state index in [0.717, 1.165) is 6.42 Å². The van der Waals surface area contributed by atoms with E-state index in [1.54, 1.807) is 6.20 Å². The summed E-state index contributed by atoms with van der Waals surface area (Å²) in [6.45, 7) is 2.64. The Balaban J connectivity index is 2.62. The number of aromatic nitrogens is 2. The monoisotopic (exact) mass is 172 g/mol. The van der Waals surface area contributed by atoms with E-state index in [1.807, 2.05) is 6.92 Å². The van der Waals surface area contributed by atoms with Gasteiger partial charge in [0.2, 0.25) is 0 Å². The topological polar surface area (TPSA) is 35.0 Å². The van der Waals surface area contributed by atoms with Crippen molar-refractivity contribution >= 4 is 11.6 Å². The average molecular weight is 173 g/mol. The molecule has 0 spiro atoms. The Hall–Kier alpha value is -0.830. The quantitative estimate of drug-likeness (QED) is 0.699.